The summed E-state index contributed by atoms with van der Waals surface area (Å²) in [6.07, 6.45) is 3.90. The maximum Gasteiger partial charge on any atom is 0.270 e. The van der Waals surface area contributed by atoms with Gasteiger partial charge in [-0.05, 0) is 43.9 Å². The first kappa shape index (κ1) is 22.3. The van der Waals surface area contributed by atoms with Crippen LogP contribution >= 0.6 is 24.0 Å². The molecule has 0 radical (unpaired) electrons. The van der Waals surface area contributed by atoms with Crippen molar-refractivity contribution in [3.8, 4) is 6.07 Å². The first-order valence-corrected chi connectivity index (χ1v) is 11.7. The second kappa shape index (κ2) is 8.93. The van der Waals surface area contributed by atoms with Crippen molar-refractivity contribution in [2.24, 2.45) is 7.05 Å². The lowest BCUT2D eigenvalue weighted by atomic mass is 10.0. The van der Waals surface area contributed by atoms with Crippen LogP contribution in [0.3, 0.4) is 0 Å². The predicted molar refractivity (Wildman–Crippen MR) is 132 cm³/mol. The number of aryl methyl sites for hydroxylation is 1. The van der Waals surface area contributed by atoms with E-state index in [1.807, 2.05) is 37.3 Å². The van der Waals surface area contributed by atoms with E-state index in [4.69, 9.17) is 12.2 Å². The number of pyridine rings is 1. The lowest BCUT2D eigenvalue weighted by Crippen LogP contribution is -2.31. The summed E-state index contributed by atoms with van der Waals surface area (Å²) in [4.78, 5) is 30.3. The number of hydrogen-bond acceptors (Lipinski definition) is 6. The van der Waals surface area contributed by atoms with Crippen molar-refractivity contribution >= 4 is 46.1 Å². The topological polar surface area (TPSA) is 69.3 Å². The molecule has 1 aromatic carbocycles. The summed E-state index contributed by atoms with van der Waals surface area (Å²) in [5.74, 6) is 0.604. The summed E-state index contributed by atoms with van der Waals surface area (Å²) in [6, 6.07) is 10.1. The third kappa shape index (κ3) is 3.98. The van der Waals surface area contributed by atoms with Crippen LogP contribution in [-0.4, -0.2) is 32.8 Å². The zero-order chi connectivity index (χ0) is 23.0. The van der Waals surface area contributed by atoms with Gasteiger partial charge >= 0.3 is 0 Å². The summed E-state index contributed by atoms with van der Waals surface area (Å²) in [7, 11) is 1.69. The molecule has 0 spiro atoms. The minimum absolute atomic E-state index is 0.108. The van der Waals surface area contributed by atoms with Gasteiger partial charge < -0.3 is 4.90 Å². The number of benzene rings is 1. The average molecular weight is 465 g/mol. The Bertz CT molecular complexity index is 1230. The molecular weight excluding hydrogens is 440 g/mol. The molecule has 2 fully saturated rings. The largest absolute Gasteiger partial charge is 0.357 e. The van der Waals surface area contributed by atoms with Crippen molar-refractivity contribution in [2.45, 2.75) is 33.2 Å². The van der Waals surface area contributed by atoms with E-state index in [2.05, 4.69) is 4.90 Å². The summed E-state index contributed by atoms with van der Waals surface area (Å²) < 4.78 is 2.04. The van der Waals surface area contributed by atoms with Crippen LogP contribution in [0.5, 0.6) is 0 Å². The van der Waals surface area contributed by atoms with Crippen molar-refractivity contribution < 1.29 is 4.79 Å². The molecule has 0 unspecified atom stereocenters. The smallest absolute Gasteiger partial charge is 0.270 e. The second-order valence-corrected chi connectivity index (χ2v) is 9.84. The highest BCUT2D eigenvalue weighted by atomic mass is 32.2. The van der Waals surface area contributed by atoms with Gasteiger partial charge in [-0.1, -0.05) is 53.8 Å². The molecule has 164 valence electrons. The Hall–Kier alpha value is -2.89. The average Bonchev–Trinajstić information content (AvgIpc) is 3.38. The molecule has 2 saturated heterocycles. The van der Waals surface area contributed by atoms with Crippen LogP contribution in [0.15, 0.2) is 34.0 Å². The van der Waals surface area contributed by atoms with Gasteiger partial charge in [0, 0.05) is 25.7 Å². The Morgan fingerprint density at radius 3 is 2.44 bits per heavy atom. The first-order valence-electron chi connectivity index (χ1n) is 10.5. The zero-order valence-corrected chi connectivity index (χ0v) is 20.0. The Balaban J connectivity index is 1.76. The standard InChI is InChI=1S/C24H24N4O2S2/c1-15-6-8-17(9-7-15)14-28-23(30)20(32-24(28)31)12-18-16(2)19(13-25)22(29)26(3)21(18)27-10-4-5-11-27/h6-9,12H,4-5,10-11,14H2,1-3H3. The van der Waals surface area contributed by atoms with E-state index >= 15 is 0 Å². The number of aromatic nitrogens is 1. The number of thioether (sulfide) groups is 1. The molecule has 0 N–H and O–H groups in total. The normalized spacial score (nSPS) is 17.5. The molecule has 4 rings (SSSR count). The molecule has 0 aliphatic carbocycles. The fraction of sp³-hybridized carbons (Fsp3) is 0.333. The number of nitriles is 1. The monoisotopic (exact) mass is 464 g/mol. The Morgan fingerprint density at radius 2 is 1.81 bits per heavy atom. The number of carbonyl (C=O) groups excluding carboxylic acids is 1. The zero-order valence-electron chi connectivity index (χ0n) is 18.3. The maximum atomic E-state index is 13.2. The molecule has 3 heterocycles. The molecule has 2 aromatic rings. The quantitative estimate of drug-likeness (QED) is 0.505. The Labute approximate surface area is 197 Å². The highest BCUT2D eigenvalue weighted by Crippen LogP contribution is 2.37. The van der Waals surface area contributed by atoms with Gasteiger partial charge in [-0.15, -0.1) is 0 Å². The maximum absolute atomic E-state index is 13.2. The molecular formula is C24H24N4O2S2. The van der Waals surface area contributed by atoms with Gasteiger partial charge in [0.15, 0.2) is 0 Å². The molecule has 32 heavy (non-hydrogen) atoms. The predicted octanol–water partition coefficient (Wildman–Crippen LogP) is 3.88. The molecule has 1 aromatic heterocycles. The fourth-order valence-corrected chi connectivity index (χ4v) is 5.40. The van der Waals surface area contributed by atoms with Gasteiger partial charge in [0.05, 0.1) is 11.4 Å². The highest BCUT2D eigenvalue weighted by molar-refractivity contribution is 8.26. The van der Waals surface area contributed by atoms with Gasteiger partial charge in [-0.2, -0.15) is 5.26 Å². The van der Waals surface area contributed by atoms with Crippen LogP contribution in [0, 0.1) is 25.2 Å². The lowest BCUT2D eigenvalue weighted by Gasteiger charge is -2.25. The molecule has 1 amide bonds. The number of rotatable bonds is 4. The number of anilines is 1. The number of nitrogens with zero attached hydrogens (tertiary/aromatic N) is 4. The minimum atomic E-state index is -0.309. The van der Waals surface area contributed by atoms with E-state index in [0.717, 1.165) is 48.4 Å². The molecule has 8 heteroatoms. The SMILES string of the molecule is Cc1ccc(CN2C(=O)C(=Cc3c(C)c(C#N)c(=O)n(C)c3N3CCCC3)SC2=S)cc1. The molecule has 0 saturated carbocycles. The van der Waals surface area contributed by atoms with Crippen molar-refractivity contribution in [3.63, 3.8) is 0 Å². The molecule has 2 aliphatic rings. The third-order valence-corrected chi connectivity index (χ3v) is 7.36. The van der Waals surface area contributed by atoms with E-state index in [1.54, 1.807) is 24.9 Å². The molecule has 6 nitrogen and oxygen atoms in total. The second-order valence-electron chi connectivity index (χ2n) is 8.16. The van der Waals surface area contributed by atoms with Gasteiger partial charge in [0.25, 0.3) is 11.5 Å². The lowest BCUT2D eigenvalue weighted by molar-refractivity contribution is -0.122. The van der Waals surface area contributed by atoms with E-state index in [0.29, 0.717) is 21.3 Å². The number of thiocarbonyl (C=S) groups is 1. The summed E-state index contributed by atoms with van der Waals surface area (Å²) >= 11 is 6.78. The van der Waals surface area contributed by atoms with Crippen LogP contribution in [0.1, 0.15) is 40.7 Å². The summed E-state index contributed by atoms with van der Waals surface area (Å²) in [5, 5.41) is 9.59. The van der Waals surface area contributed by atoms with Crippen LogP contribution in [0.2, 0.25) is 0 Å². The van der Waals surface area contributed by atoms with E-state index in [1.165, 1.54) is 16.3 Å². The molecule has 2 aliphatic heterocycles. The Kier molecular flexibility index (Phi) is 6.22. The molecule has 0 bridgehead atoms. The number of hydrogen-bond donors (Lipinski definition) is 0. The Morgan fingerprint density at radius 1 is 1.16 bits per heavy atom. The van der Waals surface area contributed by atoms with E-state index in [-0.39, 0.29) is 17.0 Å². The third-order valence-electron chi connectivity index (χ3n) is 5.98. The van der Waals surface area contributed by atoms with Crippen molar-refractivity contribution in [1.29, 1.82) is 5.26 Å². The van der Waals surface area contributed by atoms with E-state index < -0.39 is 0 Å². The van der Waals surface area contributed by atoms with Crippen molar-refractivity contribution in [2.75, 3.05) is 18.0 Å². The van der Waals surface area contributed by atoms with Gasteiger partial charge in [-0.25, -0.2) is 0 Å². The van der Waals surface area contributed by atoms with Gasteiger partial charge in [0.2, 0.25) is 0 Å². The van der Waals surface area contributed by atoms with Gasteiger partial charge in [0.1, 0.15) is 21.8 Å². The van der Waals surface area contributed by atoms with E-state index in [9.17, 15) is 14.9 Å². The summed E-state index contributed by atoms with van der Waals surface area (Å²) in [5.41, 5.74) is 3.30. The highest BCUT2D eigenvalue weighted by Gasteiger charge is 2.33. The summed E-state index contributed by atoms with van der Waals surface area (Å²) in [6.45, 7) is 5.89. The minimum Gasteiger partial charge on any atom is -0.357 e. The number of carbonyl (C=O) groups is 1. The fourth-order valence-electron chi connectivity index (χ4n) is 4.17. The van der Waals surface area contributed by atoms with Crippen LogP contribution < -0.4 is 10.5 Å². The van der Waals surface area contributed by atoms with Crippen molar-refractivity contribution in [1.82, 2.24) is 9.47 Å². The van der Waals surface area contributed by atoms with Crippen LogP contribution in [-0.2, 0) is 18.4 Å². The van der Waals surface area contributed by atoms with Crippen LogP contribution in [0.4, 0.5) is 5.82 Å². The van der Waals surface area contributed by atoms with Gasteiger partial charge in [-0.3, -0.25) is 19.1 Å². The first-order chi connectivity index (χ1) is 15.3. The van der Waals surface area contributed by atoms with Crippen LogP contribution in [0.25, 0.3) is 6.08 Å². The molecule has 0 atom stereocenters. The van der Waals surface area contributed by atoms with Crippen molar-refractivity contribution in [3.05, 3.63) is 67.3 Å². The number of amides is 1.